The zero-order valence-electron chi connectivity index (χ0n) is 30.0. The second kappa shape index (κ2) is 14.9. The van der Waals surface area contributed by atoms with Gasteiger partial charge in [0.15, 0.2) is 5.78 Å². The van der Waals surface area contributed by atoms with Crippen LogP contribution in [0.3, 0.4) is 0 Å². The Balaban J connectivity index is 1.96. The number of ketones is 1. The van der Waals surface area contributed by atoms with E-state index >= 15 is 0 Å². The Bertz CT molecular complexity index is 2310. The number of fused-ring (bicyclic) bond motifs is 8. The van der Waals surface area contributed by atoms with Crippen LogP contribution >= 0.6 is 0 Å². The Labute approximate surface area is 294 Å². The van der Waals surface area contributed by atoms with Crippen molar-refractivity contribution in [2.45, 2.75) is 99.0 Å². The van der Waals surface area contributed by atoms with Gasteiger partial charge in [-0.3, -0.25) is 19.2 Å². The van der Waals surface area contributed by atoms with E-state index in [9.17, 15) is 34.5 Å². The second-order valence-electron chi connectivity index (χ2n) is 13.4. The molecule has 0 aromatic carbocycles. The minimum Gasteiger partial charge on any atom is -0.481 e. The average Bonchev–Trinajstić information content (AvgIpc) is 3.74. The topological polar surface area (TPSA) is 218 Å². The molecule has 12 heteroatoms. The fourth-order valence-electron chi connectivity index (χ4n) is 7.34. The highest BCUT2D eigenvalue weighted by Crippen LogP contribution is 2.27. The summed E-state index contributed by atoms with van der Waals surface area (Å²) in [5.41, 5.74) is 16.8. The molecule has 5 heterocycles. The standard InChI is InChI=1S/C39H47N5O7/c1-7-22-21(6)37-36(39(51)26(40)11-14-35(49)50)38-23(8-2)18(3)29(43-38)15-27-19(4)24(9-12-33(45)46)31(41-27)17-32-25(10-13-34(47)48)20(5)28(42-32)16-30(22)44-37/h15-17,26,41-44H,7-14,40H2,1-6H3,(H,45,46)(H,47,48)(H,49,50)/t26-/m0/s1. The first-order valence-corrected chi connectivity index (χ1v) is 17.4. The first-order chi connectivity index (χ1) is 24.2. The van der Waals surface area contributed by atoms with Crippen LogP contribution in [-0.4, -0.2) is 65.0 Å². The number of nitrogens with two attached hydrogens (primary N) is 1. The zero-order valence-corrected chi connectivity index (χ0v) is 30.0. The molecule has 1 aliphatic rings. The average molecular weight is 698 g/mol. The summed E-state index contributed by atoms with van der Waals surface area (Å²) in [5, 5.41) is 31.4. The van der Waals surface area contributed by atoms with Gasteiger partial charge in [0.05, 0.1) is 22.7 Å². The van der Waals surface area contributed by atoms with Crippen LogP contribution in [-0.2, 0) is 44.9 Å². The molecule has 9 N–H and O–H groups in total. The predicted molar refractivity (Wildman–Crippen MR) is 194 cm³/mol. The van der Waals surface area contributed by atoms with Gasteiger partial charge >= 0.3 is 17.9 Å². The monoisotopic (exact) mass is 697 g/mol. The van der Waals surface area contributed by atoms with Crippen LogP contribution < -0.4 is 27.1 Å². The molecule has 4 aromatic rings. The number of Topliss-reactive ketones (excluding diaryl/α,β-unsaturated/α-hetero) is 1. The van der Waals surface area contributed by atoms with Crippen LogP contribution in [0, 0.1) is 27.7 Å². The molecule has 0 fully saturated rings. The van der Waals surface area contributed by atoms with Crippen LogP contribution in [0.2, 0.25) is 0 Å². The van der Waals surface area contributed by atoms with Crippen molar-refractivity contribution in [3.8, 4) is 0 Å². The summed E-state index contributed by atoms with van der Waals surface area (Å²) in [6.07, 6.45) is 7.25. The molecule has 0 saturated heterocycles. The summed E-state index contributed by atoms with van der Waals surface area (Å²) < 4.78 is 0. The van der Waals surface area contributed by atoms with Gasteiger partial charge in [0.1, 0.15) is 0 Å². The normalized spacial score (nSPS) is 13.0. The lowest BCUT2D eigenvalue weighted by molar-refractivity contribution is -0.138. The van der Waals surface area contributed by atoms with Crippen molar-refractivity contribution in [2.75, 3.05) is 0 Å². The Morgan fingerprint density at radius 1 is 0.608 bits per heavy atom. The van der Waals surface area contributed by atoms with Gasteiger partial charge in [0.25, 0.3) is 0 Å². The fourth-order valence-corrected chi connectivity index (χ4v) is 7.34. The van der Waals surface area contributed by atoms with Gasteiger partial charge in [-0.25, -0.2) is 0 Å². The lowest BCUT2D eigenvalue weighted by Gasteiger charge is -2.13. The molecule has 0 amide bonds. The van der Waals surface area contributed by atoms with E-state index in [-0.39, 0.29) is 44.3 Å². The third kappa shape index (κ3) is 7.27. The molecule has 0 saturated carbocycles. The lowest BCUT2D eigenvalue weighted by atomic mass is 9.93. The summed E-state index contributed by atoms with van der Waals surface area (Å²) in [7, 11) is 0. The zero-order chi connectivity index (χ0) is 37.3. The maximum Gasteiger partial charge on any atom is 0.303 e. The number of hydrogen-bond acceptors (Lipinski definition) is 5. The minimum absolute atomic E-state index is 0.0270. The van der Waals surface area contributed by atoms with Gasteiger partial charge in [-0.1, -0.05) is 13.8 Å². The Morgan fingerprint density at radius 3 is 1.75 bits per heavy atom. The number of carboxylic acids is 3. The van der Waals surface area contributed by atoms with Crippen molar-refractivity contribution in [3.05, 3.63) is 88.7 Å². The highest BCUT2D eigenvalue weighted by atomic mass is 16.4. The number of hydrogen-bond donors (Lipinski definition) is 8. The molecule has 0 unspecified atom stereocenters. The van der Waals surface area contributed by atoms with Gasteiger partial charge in [0, 0.05) is 52.4 Å². The highest BCUT2D eigenvalue weighted by Gasteiger charge is 2.28. The van der Waals surface area contributed by atoms with Crippen molar-refractivity contribution in [1.29, 1.82) is 0 Å². The van der Waals surface area contributed by atoms with E-state index in [1.165, 1.54) is 0 Å². The van der Waals surface area contributed by atoms with E-state index in [2.05, 4.69) is 19.9 Å². The molecule has 0 aliphatic carbocycles. The third-order valence-electron chi connectivity index (χ3n) is 10.2. The number of aromatic nitrogens is 4. The fraction of sp³-hybridized carbons (Fsp3) is 0.385. The number of nitrogens with one attached hydrogen (secondary N) is 4. The quantitative estimate of drug-likeness (QED) is 0.103. The number of carboxylic acid groups (broad SMARTS) is 3. The van der Waals surface area contributed by atoms with E-state index in [1.54, 1.807) is 0 Å². The number of rotatable bonds is 13. The first kappa shape index (κ1) is 36.9. The van der Waals surface area contributed by atoms with Gasteiger partial charge in [-0.15, -0.1) is 0 Å². The van der Waals surface area contributed by atoms with Crippen molar-refractivity contribution < 1.29 is 34.5 Å². The van der Waals surface area contributed by atoms with Crippen molar-refractivity contribution in [1.82, 2.24) is 19.9 Å². The number of aromatic amines is 4. The van der Waals surface area contributed by atoms with E-state index < -0.39 is 23.9 Å². The van der Waals surface area contributed by atoms with Gasteiger partial charge in [-0.05, 0) is 123 Å². The molecular formula is C39H47N5O7. The highest BCUT2D eigenvalue weighted by molar-refractivity contribution is 6.22. The Kier molecular flexibility index (Phi) is 10.8. The van der Waals surface area contributed by atoms with E-state index in [1.807, 2.05) is 59.8 Å². The van der Waals surface area contributed by atoms with E-state index in [0.29, 0.717) is 29.5 Å². The SMILES string of the molecule is CCc1c2[nH]c(c1C)C(C(=O)[C@@H](N)CCC(=O)O)=c1[nH]c(c(C)c1CC)=Cc1[nH]c(c(CCC(=O)O)c1C)C=c1[nH]c(c(C)c1CCC(=O)O)=C2. The molecule has 8 bridgehead atoms. The lowest BCUT2D eigenvalue weighted by Crippen LogP contribution is -2.35. The van der Waals surface area contributed by atoms with Crippen LogP contribution in [0.1, 0.15) is 107 Å². The molecule has 270 valence electrons. The van der Waals surface area contributed by atoms with Crippen molar-refractivity contribution >= 4 is 47.5 Å². The van der Waals surface area contributed by atoms with Crippen LogP contribution in [0.4, 0.5) is 0 Å². The van der Waals surface area contributed by atoms with Gasteiger partial charge in [-0.2, -0.15) is 0 Å². The smallest absolute Gasteiger partial charge is 0.303 e. The van der Waals surface area contributed by atoms with Crippen LogP contribution in [0.25, 0.3) is 23.8 Å². The van der Waals surface area contributed by atoms with Gasteiger partial charge in [0.2, 0.25) is 0 Å². The summed E-state index contributed by atoms with van der Waals surface area (Å²) in [6, 6.07) is -1.06. The van der Waals surface area contributed by atoms with Crippen molar-refractivity contribution in [2.24, 2.45) is 5.73 Å². The maximum absolute atomic E-state index is 14.4. The molecule has 1 atom stereocenters. The second-order valence-corrected chi connectivity index (χ2v) is 13.4. The molecule has 51 heavy (non-hydrogen) atoms. The summed E-state index contributed by atoms with van der Waals surface area (Å²) in [5.74, 6) is -3.25. The summed E-state index contributed by atoms with van der Waals surface area (Å²) in [4.78, 5) is 63.4. The van der Waals surface area contributed by atoms with Crippen molar-refractivity contribution in [3.63, 3.8) is 0 Å². The molecule has 1 aliphatic heterocycles. The molecule has 5 rings (SSSR count). The largest absolute Gasteiger partial charge is 0.481 e. The summed E-state index contributed by atoms with van der Waals surface area (Å²) in [6.45, 7) is 11.9. The Morgan fingerprint density at radius 2 is 1.14 bits per heavy atom. The van der Waals surface area contributed by atoms with E-state index in [4.69, 9.17) is 5.73 Å². The summed E-state index contributed by atoms with van der Waals surface area (Å²) >= 11 is 0. The number of carbonyl (C=O) groups is 4. The molecule has 12 nitrogen and oxygen atoms in total. The number of aliphatic carboxylic acids is 3. The molecular weight excluding hydrogens is 650 g/mol. The molecule has 0 spiro atoms. The maximum atomic E-state index is 14.4. The van der Waals surface area contributed by atoms with Crippen LogP contribution in [0.5, 0.6) is 0 Å². The minimum atomic E-state index is -1.06. The Hall–Kier alpha value is -5.36. The third-order valence-corrected chi connectivity index (χ3v) is 10.2. The number of H-pyrrole nitrogens is 4. The molecule has 4 aromatic heterocycles. The van der Waals surface area contributed by atoms with E-state index in [0.717, 1.165) is 77.6 Å². The molecule has 0 radical (unpaired) electrons. The first-order valence-electron chi connectivity index (χ1n) is 17.4. The predicted octanol–water partition coefficient (Wildman–Crippen LogP) is 2.15. The number of carbonyl (C=O) groups excluding carboxylic acids is 1. The van der Waals surface area contributed by atoms with Gasteiger partial charge < -0.3 is 41.0 Å². The van der Waals surface area contributed by atoms with Crippen LogP contribution in [0.15, 0.2) is 0 Å².